The Morgan fingerprint density at radius 2 is 2.04 bits per heavy atom. The third-order valence-corrected chi connectivity index (χ3v) is 5.32. The van der Waals surface area contributed by atoms with Gasteiger partial charge in [-0.15, -0.1) is 16.8 Å². The molecule has 1 heterocycles. The third-order valence-electron chi connectivity index (χ3n) is 4.12. The molecule has 1 amide bonds. The number of benzene rings is 2. The van der Waals surface area contributed by atoms with Crippen molar-refractivity contribution in [3.63, 3.8) is 0 Å². The number of halogens is 1. The molecule has 1 atom stereocenters. The van der Waals surface area contributed by atoms with Crippen molar-refractivity contribution in [2.75, 3.05) is 5.75 Å². The van der Waals surface area contributed by atoms with Gasteiger partial charge >= 0.3 is 0 Å². The summed E-state index contributed by atoms with van der Waals surface area (Å²) in [6.07, 6.45) is 1.78. The van der Waals surface area contributed by atoms with Crippen LogP contribution in [0.15, 0.2) is 72.4 Å². The van der Waals surface area contributed by atoms with Crippen LogP contribution in [-0.4, -0.2) is 26.4 Å². The van der Waals surface area contributed by atoms with Gasteiger partial charge in [0.1, 0.15) is 0 Å². The second-order valence-electron chi connectivity index (χ2n) is 6.20. The van der Waals surface area contributed by atoms with Crippen molar-refractivity contribution in [1.29, 1.82) is 0 Å². The number of thioether (sulfide) groups is 1. The molecule has 0 spiro atoms. The normalized spacial score (nSPS) is 11.8. The smallest absolute Gasteiger partial charge is 0.230 e. The lowest BCUT2D eigenvalue weighted by Crippen LogP contribution is -2.28. The van der Waals surface area contributed by atoms with Crippen LogP contribution in [0, 0.1) is 0 Å². The molecule has 0 radical (unpaired) electrons. The van der Waals surface area contributed by atoms with E-state index in [1.165, 1.54) is 11.8 Å². The summed E-state index contributed by atoms with van der Waals surface area (Å²) >= 11 is 7.45. The average molecular weight is 413 g/mol. The van der Waals surface area contributed by atoms with Crippen molar-refractivity contribution in [3.05, 3.63) is 77.8 Å². The Morgan fingerprint density at radius 3 is 2.75 bits per heavy atom. The van der Waals surface area contributed by atoms with Crippen LogP contribution in [0.5, 0.6) is 0 Å². The molecule has 0 aliphatic carbocycles. The molecule has 28 heavy (non-hydrogen) atoms. The molecule has 0 aliphatic rings. The van der Waals surface area contributed by atoms with Crippen LogP contribution < -0.4 is 5.32 Å². The van der Waals surface area contributed by atoms with Gasteiger partial charge in [-0.2, -0.15) is 0 Å². The Bertz CT molecular complexity index is 958. The van der Waals surface area contributed by atoms with Gasteiger partial charge in [-0.3, -0.25) is 9.36 Å². The molecule has 1 N–H and O–H groups in total. The highest BCUT2D eigenvalue weighted by Gasteiger charge is 2.16. The second kappa shape index (κ2) is 9.57. The predicted octanol–water partition coefficient (Wildman–Crippen LogP) is 4.75. The van der Waals surface area contributed by atoms with Crippen molar-refractivity contribution in [2.24, 2.45) is 0 Å². The number of hydrogen-bond donors (Lipinski definition) is 1. The van der Waals surface area contributed by atoms with E-state index in [1.54, 1.807) is 6.08 Å². The molecule has 3 aromatic rings. The first-order chi connectivity index (χ1) is 13.6. The first-order valence-corrected chi connectivity index (χ1v) is 10.2. The summed E-state index contributed by atoms with van der Waals surface area (Å²) in [5.74, 6) is 0.893. The number of allylic oxidation sites excluding steroid dienone is 1. The minimum Gasteiger partial charge on any atom is -0.349 e. The largest absolute Gasteiger partial charge is 0.349 e. The number of nitrogens with zero attached hydrogens (tertiary/aromatic N) is 3. The highest BCUT2D eigenvalue weighted by molar-refractivity contribution is 7.99. The summed E-state index contributed by atoms with van der Waals surface area (Å²) in [5.41, 5.74) is 1.94. The lowest BCUT2D eigenvalue weighted by atomic mass is 10.1. The van der Waals surface area contributed by atoms with E-state index >= 15 is 0 Å². The Balaban J connectivity index is 1.68. The van der Waals surface area contributed by atoms with Gasteiger partial charge in [-0.25, -0.2) is 0 Å². The quantitative estimate of drug-likeness (QED) is 0.428. The predicted molar refractivity (Wildman–Crippen MR) is 114 cm³/mol. The van der Waals surface area contributed by atoms with Gasteiger partial charge in [-0.1, -0.05) is 71.9 Å². The van der Waals surface area contributed by atoms with Gasteiger partial charge in [0.05, 0.1) is 11.8 Å². The molecule has 1 aromatic heterocycles. The Hall–Kier alpha value is -2.57. The first-order valence-electron chi connectivity index (χ1n) is 8.85. The fraction of sp³-hybridized carbons (Fsp3) is 0.190. The maximum absolute atomic E-state index is 12.4. The van der Waals surface area contributed by atoms with Crippen LogP contribution in [-0.2, 0) is 11.3 Å². The lowest BCUT2D eigenvalue weighted by molar-refractivity contribution is -0.119. The van der Waals surface area contributed by atoms with E-state index in [-0.39, 0.29) is 17.7 Å². The molecule has 0 aliphatic heterocycles. The number of hydrogen-bond acceptors (Lipinski definition) is 4. The van der Waals surface area contributed by atoms with Crippen molar-refractivity contribution in [1.82, 2.24) is 20.1 Å². The molecule has 3 rings (SSSR count). The van der Waals surface area contributed by atoms with Gasteiger partial charge in [0.2, 0.25) is 5.91 Å². The standard InChI is InChI=1S/C21H21ClN4OS/c1-3-12-26-20(17-10-7-11-18(22)13-17)24-25-21(26)28-14-19(27)23-15(2)16-8-5-4-6-9-16/h3-11,13,15H,1,12,14H2,2H3,(H,23,27). The van der Waals surface area contributed by atoms with Gasteiger partial charge in [0, 0.05) is 17.1 Å². The maximum Gasteiger partial charge on any atom is 0.230 e. The number of rotatable bonds is 8. The number of carbonyl (C=O) groups excluding carboxylic acids is 1. The van der Waals surface area contributed by atoms with Gasteiger partial charge in [0.25, 0.3) is 0 Å². The van der Waals surface area contributed by atoms with Gasteiger partial charge in [-0.05, 0) is 24.6 Å². The molecular formula is C21H21ClN4OS. The minimum atomic E-state index is -0.0567. The van der Waals surface area contributed by atoms with Gasteiger partial charge in [0.15, 0.2) is 11.0 Å². The molecule has 5 nitrogen and oxygen atoms in total. The van der Waals surface area contributed by atoms with E-state index in [2.05, 4.69) is 22.1 Å². The monoisotopic (exact) mass is 412 g/mol. The van der Waals surface area contributed by atoms with E-state index in [9.17, 15) is 4.79 Å². The Kier molecular flexibility index (Phi) is 6.90. The third kappa shape index (κ3) is 5.03. The number of carbonyl (C=O) groups is 1. The van der Waals surface area contributed by atoms with Gasteiger partial charge < -0.3 is 5.32 Å². The zero-order valence-electron chi connectivity index (χ0n) is 15.5. The lowest BCUT2D eigenvalue weighted by Gasteiger charge is -2.14. The van der Waals surface area contributed by atoms with Crippen molar-refractivity contribution < 1.29 is 4.79 Å². The van der Waals surface area contributed by atoms with Crippen LogP contribution >= 0.6 is 23.4 Å². The highest BCUT2D eigenvalue weighted by atomic mass is 35.5. The molecule has 0 fully saturated rings. The van der Waals surface area contributed by atoms with Crippen molar-refractivity contribution in [3.8, 4) is 11.4 Å². The molecular weight excluding hydrogens is 392 g/mol. The summed E-state index contributed by atoms with van der Waals surface area (Å²) < 4.78 is 1.93. The molecule has 2 aromatic carbocycles. The second-order valence-corrected chi connectivity index (χ2v) is 7.58. The number of nitrogens with one attached hydrogen (secondary N) is 1. The summed E-state index contributed by atoms with van der Waals surface area (Å²) in [6.45, 7) is 6.31. The van der Waals surface area contributed by atoms with Crippen LogP contribution in [0.2, 0.25) is 5.02 Å². The van der Waals surface area contributed by atoms with Crippen LogP contribution in [0.1, 0.15) is 18.5 Å². The molecule has 0 saturated carbocycles. The summed E-state index contributed by atoms with van der Waals surface area (Å²) in [4.78, 5) is 12.4. The Morgan fingerprint density at radius 1 is 1.25 bits per heavy atom. The van der Waals surface area contributed by atoms with E-state index in [0.717, 1.165) is 11.1 Å². The zero-order chi connectivity index (χ0) is 19.9. The molecule has 144 valence electrons. The van der Waals surface area contributed by atoms with E-state index in [0.29, 0.717) is 22.5 Å². The fourth-order valence-electron chi connectivity index (χ4n) is 2.77. The molecule has 1 unspecified atom stereocenters. The van der Waals surface area contributed by atoms with E-state index in [1.807, 2.05) is 66.1 Å². The zero-order valence-corrected chi connectivity index (χ0v) is 17.1. The van der Waals surface area contributed by atoms with Crippen molar-refractivity contribution in [2.45, 2.75) is 24.7 Å². The maximum atomic E-state index is 12.4. The topological polar surface area (TPSA) is 59.8 Å². The van der Waals surface area contributed by atoms with Crippen LogP contribution in [0.25, 0.3) is 11.4 Å². The average Bonchev–Trinajstić information content (AvgIpc) is 3.10. The Labute approximate surface area is 173 Å². The summed E-state index contributed by atoms with van der Waals surface area (Å²) in [7, 11) is 0. The van der Waals surface area contributed by atoms with Crippen LogP contribution in [0.4, 0.5) is 0 Å². The minimum absolute atomic E-state index is 0.0534. The highest BCUT2D eigenvalue weighted by Crippen LogP contribution is 2.26. The number of amides is 1. The molecule has 0 saturated heterocycles. The SMILES string of the molecule is C=CCn1c(SCC(=O)NC(C)c2ccccc2)nnc1-c1cccc(Cl)c1. The number of aromatic nitrogens is 3. The fourth-order valence-corrected chi connectivity index (χ4v) is 3.72. The van der Waals surface area contributed by atoms with Crippen molar-refractivity contribution >= 4 is 29.3 Å². The van der Waals surface area contributed by atoms with E-state index in [4.69, 9.17) is 11.6 Å². The van der Waals surface area contributed by atoms with E-state index < -0.39 is 0 Å². The molecule has 0 bridgehead atoms. The summed E-state index contributed by atoms with van der Waals surface area (Å²) in [6, 6.07) is 17.3. The van der Waals surface area contributed by atoms with Crippen LogP contribution in [0.3, 0.4) is 0 Å². The molecule has 7 heteroatoms. The first kappa shape index (κ1) is 20.2. The summed E-state index contributed by atoms with van der Waals surface area (Å²) in [5, 5.41) is 12.8.